The van der Waals surface area contributed by atoms with Crippen molar-refractivity contribution < 1.29 is 13.2 Å². The first-order valence-electron chi connectivity index (χ1n) is 7.18. The van der Waals surface area contributed by atoms with Crippen LogP contribution in [0.25, 0.3) is 0 Å². The van der Waals surface area contributed by atoms with Crippen LogP contribution in [0.3, 0.4) is 0 Å². The predicted molar refractivity (Wildman–Crippen MR) is 75.2 cm³/mol. The van der Waals surface area contributed by atoms with E-state index in [2.05, 4.69) is 18.6 Å². The van der Waals surface area contributed by atoms with E-state index in [1.54, 1.807) is 0 Å². The molecule has 2 saturated carbocycles. The lowest BCUT2D eigenvalue weighted by Gasteiger charge is -2.36. The summed E-state index contributed by atoms with van der Waals surface area (Å²) in [6.45, 7) is 7.93. The molecule has 2 aliphatic rings. The van der Waals surface area contributed by atoms with Crippen LogP contribution in [0.5, 0.6) is 0 Å². The number of ketones is 1. The molecule has 0 radical (unpaired) electrons. The van der Waals surface area contributed by atoms with Crippen molar-refractivity contribution in [3.8, 4) is 0 Å². The number of hydrogen-bond donors (Lipinski definition) is 1. The second kappa shape index (κ2) is 4.55. The lowest BCUT2D eigenvalue weighted by molar-refractivity contribution is -0.128. The number of hydrogen-bond acceptors (Lipinski definition) is 3. The molecule has 1 N–H and O–H groups in total. The van der Waals surface area contributed by atoms with Gasteiger partial charge in [-0.3, -0.25) is 4.79 Å². The van der Waals surface area contributed by atoms with Crippen LogP contribution >= 0.6 is 0 Å². The van der Waals surface area contributed by atoms with Crippen LogP contribution in [0, 0.1) is 16.7 Å². The highest BCUT2D eigenvalue weighted by Gasteiger charge is 2.65. The highest BCUT2D eigenvalue weighted by molar-refractivity contribution is 7.89. The van der Waals surface area contributed by atoms with Crippen LogP contribution in [0.1, 0.15) is 53.4 Å². The molecule has 19 heavy (non-hydrogen) atoms. The van der Waals surface area contributed by atoms with Gasteiger partial charge in [0.1, 0.15) is 5.78 Å². The SMILES string of the molecule is CC[C@H](C)NS(=O)(=O)C[C@@]12CC[C@@H](CC1=O)C2(C)C. The first-order valence-corrected chi connectivity index (χ1v) is 8.83. The lowest BCUT2D eigenvalue weighted by Crippen LogP contribution is -2.46. The molecular formula is C14H25NO3S. The third kappa shape index (κ3) is 2.25. The Bertz CT molecular complexity index is 483. The van der Waals surface area contributed by atoms with Gasteiger partial charge in [0.15, 0.2) is 0 Å². The molecule has 2 aliphatic carbocycles. The van der Waals surface area contributed by atoms with Crippen molar-refractivity contribution >= 4 is 15.8 Å². The van der Waals surface area contributed by atoms with E-state index in [0.29, 0.717) is 12.3 Å². The molecule has 2 rings (SSSR count). The minimum atomic E-state index is -3.39. The van der Waals surface area contributed by atoms with Crippen LogP contribution in [0.4, 0.5) is 0 Å². The third-order valence-electron chi connectivity index (χ3n) is 5.57. The van der Waals surface area contributed by atoms with Gasteiger partial charge in [-0.25, -0.2) is 13.1 Å². The number of nitrogens with one attached hydrogen (secondary N) is 1. The van der Waals surface area contributed by atoms with Crippen molar-refractivity contribution in [3.05, 3.63) is 0 Å². The van der Waals surface area contributed by atoms with Gasteiger partial charge in [-0.05, 0) is 37.5 Å². The Hall–Kier alpha value is -0.420. The summed E-state index contributed by atoms with van der Waals surface area (Å²) in [6.07, 6.45) is 3.03. The van der Waals surface area contributed by atoms with Crippen molar-refractivity contribution in [2.45, 2.75) is 59.4 Å². The molecule has 0 aliphatic heterocycles. The maximum absolute atomic E-state index is 12.3. The van der Waals surface area contributed by atoms with E-state index in [4.69, 9.17) is 0 Å². The van der Waals surface area contributed by atoms with E-state index in [1.807, 2.05) is 13.8 Å². The molecule has 0 aromatic heterocycles. The minimum Gasteiger partial charge on any atom is -0.299 e. The van der Waals surface area contributed by atoms with E-state index in [-0.39, 0.29) is 23.0 Å². The summed E-state index contributed by atoms with van der Waals surface area (Å²) >= 11 is 0. The smallest absolute Gasteiger partial charge is 0.212 e. The second-order valence-electron chi connectivity index (χ2n) is 6.85. The maximum Gasteiger partial charge on any atom is 0.212 e. The van der Waals surface area contributed by atoms with Gasteiger partial charge in [-0.15, -0.1) is 0 Å². The van der Waals surface area contributed by atoms with Crippen LogP contribution < -0.4 is 4.72 Å². The van der Waals surface area contributed by atoms with Gasteiger partial charge < -0.3 is 0 Å². The highest BCUT2D eigenvalue weighted by Crippen LogP contribution is 2.64. The van der Waals surface area contributed by atoms with Crippen LogP contribution in [-0.2, 0) is 14.8 Å². The number of carbonyl (C=O) groups excluding carboxylic acids is 1. The van der Waals surface area contributed by atoms with Crippen molar-refractivity contribution in [1.29, 1.82) is 0 Å². The molecule has 0 unspecified atom stereocenters. The Labute approximate surface area is 116 Å². The molecule has 0 amide bonds. The molecule has 0 aromatic rings. The first-order chi connectivity index (χ1) is 8.64. The van der Waals surface area contributed by atoms with Gasteiger partial charge in [0.25, 0.3) is 0 Å². The molecule has 4 nitrogen and oxygen atoms in total. The summed E-state index contributed by atoms with van der Waals surface area (Å²) in [5.41, 5.74) is -0.842. The zero-order valence-corrected chi connectivity index (χ0v) is 13.1. The van der Waals surface area contributed by atoms with Crippen molar-refractivity contribution in [2.24, 2.45) is 16.7 Å². The fourth-order valence-electron chi connectivity index (χ4n) is 3.86. The number of fused-ring (bicyclic) bond motifs is 2. The molecule has 3 atom stereocenters. The molecular weight excluding hydrogens is 262 g/mol. The number of rotatable bonds is 5. The minimum absolute atomic E-state index is 0.0350. The van der Waals surface area contributed by atoms with E-state index >= 15 is 0 Å². The quantitative estimate of drug-likeness (QED) is 0.842. The van der Waals surface area contributed by atoms with E-state index in [1.165, 1.54) is 0 Å². The summed E-state index contributed by atoms with van der Waals surface area (Å²) in [7, 11) is -3.39. The van der Waals surface area contributed by atoms with Gasteiger partial charge in [0.2, 0.25) is 10.0 Å². The summed E-state index contributed by atoms with van der Waals surface area (Å²) in [5, 5.41) is 0. The number of sulfonamides is 1. The molecule has 2 bridgehead atoms. The predicted octanol–water partition coefficient (Wildman–Crippen LogP) is 2.10. The van der Waals surface area contributed by atoms with Gasteiger partial charge in [0.05, 0.1) is 5.75 Å². The van der Waals surface area contributed by atoms with Crippen molar-refractivity contribution in [3.63, 3.8) is 0 Å². The fourth-order valence-corrected chi connectivity index (χ4v) is 6.05. The molecule has 0 heterocycles. The van der Waals surface area contributed by atoms with Crippen molar-refractivity contribution in [2.75, 3.05) is 5.75 Å². The van der Waals surface area contributed by atoms with Crippen molar-refractivity contribution in [1.82, 2.24) is 4.72 Å². The topological polar surface area (TPSA) is 63.2 Å². The molecule has 0 aromatic carbocycles. The monoisotopic (exact) mass is 287 g/mol. The molecule has 2 fully saturated rings. The number of carbonyl (C=O) groups is 1. The average molecular weight is 287 g/mol. The molecule has 5 heteroatoms. The average Bonchev–Trinajstić information content (AvgIpc) is 2.61. The molecule has 110 valence electrons. The summed E-state index contributed by atoms with van der Waals surface area (Å²) in [5.74, 6) is 0.481. The summed E-state index contributed by atoms with van der Waals surface area (Å²) < 4.78 is 27.3. The van der Waals surface area contributed by atoms with Gasteiger partial charge in [-0.1, -0.05) is 20.8 Å². The van der Waals surface area contributed by atoms with Gasteiger partial charge in [0, 0.05) is 17.9 Å². The first kappa shape index (κ1) is 15.0. The fraction of sp³-hybridized carbons (Fsp3) is 0.929. The Kier molecular flexibility index (Phi) is 3.59. The molecule has 0 saturated heterocycles. The highest BCUT2D eigenvalue weighted by atomic mass is 32.2. The summed E-state index contributed by atoms with van der Waals surface area (Å²) in [4.78, 5) is 12.3. The van der Waals surface area contributed by atoms with E-state index < -0.39 is 15.4 Å². The molecule has 0 spiro atoms. The lowest BCUT2D eigenvalue weighted by atomic mass is 9.70. The number of Topliss-reactive ketones (excluding diaryl/α,β-unsaturated/α-hetero) is 1. The zero-order valence-electron chi connectivity index (χ0n) is 12.3. The Morgan fingerprint density at radius 2 is 2.05 bits per heavy atom. The largest absolute Gasteiger partial charge is 0.299 e. The Morgan fingerprint density at radius 3 is 2.47 bits per heavy atom. The van der Waals surface area contributed by atoms with Crippen LogP contribution in [-0.4, -0.2) is 26.0 Å². The Morgan fingerprint density at radius 1 is 1.42 bits per heavy atom. The second-order valence-corrected chi connectivity index (χ2v) is 8.61. The van der Waals surface area contributed by atoms with Gasteiger partial charge >= 0.3 is 0 Å². The zero-order chi connectivity index (χ0) is 14.5. The normalized spacial score (nSPS) is 34.7. The maximum atomic E-state index is 12.3. The van der Waals surface area contributed by atoms with E-state index in [0.717, 1.165) is 19.3 Å². The van der Waals surface area contributed by atoms with Gasteiger partial charge in [-0.2, -0.15) is 0 Å². The standard InChI is InChI=1S/C14H25NO3S/c1-5-10(2)15-19(17,18)9-14-7-6-11(8-12(14)16)13(14,3)4/h10-11,15H,5-9H2,1-4H3/t10-,11-,14-/m0/s1. The third-order valence-corrected chi connectivity index (χ3v) is 7.20. The van der Waals surface area contributed by atoms with Crippen LogP contribution in [0.15, 0.2) is 0 Å². The Balaban J connectivity index is 2.24. The van der Waals surface area contributed by atoms with Crippen LogP contribution in [0.2, 0.25) is 0 Å². The van der Waals surface area contributed by atoms with E-state index in [9.17, 15) is 13.2 Å². The summed E-state index contributed by atoms with van der Waals surface area (Å²) in [6, 6.07) is -0.0711.